The summed E-state index contributed by atoms with van der Waals surface area (Å²) in [5, 5.41) is 11.5. The highest BCUT2D eigenvalue weighted by Gasteiger charge is 2.35. The van der Waals surface area contributed by atoms with Crippen molar-refractivity contribution >= 4 is 29.1 Å². The molecule has 1 aliphatic rings. The molecule has 1 atom stereocenters. The predicted molar refractivity (Wildman–Crippen MR) is 131 cm³/mol. The molecule has 3 heterocycles. The first-order valence-corrected chi connectivity index (χ1v) is 11.0. The number of halogens is 1. The highest BCUT2D eigenvalue weighted by molar-refractivity contribution is 6.31. The number of carbonyl (C=O) groups excluding carboxylic acids is 1. The zero-order valence-corrected chi connectivity index (χ0v) is 19.2. The number of carbonyl (C=O) groups is 1. The molecule has 2 aromatic carbocycles. The van der Waals surface area contributed by atoms with E-state index in [0.717, 1.165) is 11.1 Å². The highest BCUT2D eigenvalue weighted by Crippen LogP contribution is 2.39. The molecule has 0 saturated heterocycles. The molecule has 4 aromatic rings. The van der Waals surface area contributed by atoms with Gasteiger partial charge < -0.3 is 15.4 Å². The number of anilines is 2. The molecule has 8 nitrogen and oxygen atoms in total. The normalized spacial score (nSPS) is 14.9. The van der Waals surface area contributed by atoms with E-state index in [1.807, 2.05) is 49.4 Å². The van der Waals surface area contributed by atoms with Gasteiger partial charge in [-0.25, -0.2) is 4.68 Å². The number of fused-ring (bicyclic) bond motifs is 1. The summed E-state index contributed by atoms with van der Waals surface area (Å²) >= 11 is 6.60. The van der Waals surface area contributed by atoms with E-state index in [9.17, 15) is 4.79 Å². The number of rotatable bonds is 5. The predicted octanol–water partition coefficient (Wildman–Crippen LogP) is 4.93. The summed E-state index contributed by atoms with van der Waals surface area (Å²) in [4.78, 5) is 22.3. The maximum absolute atomic E-state index is 13.5. The fourth-order valence-corrected chi connectivity index (χ4v) is 4.19. The molecule has 0 radical (unpaired) electrons. The summed E-state index contributed by atoms with van der Waals surface area (Å²) in [6.45, 7) is 1.84. The molecule has 1 amide bonds. The Kier molecular flexibility index (Phi) is 5.73. The third kappa shape index (κ3) is 3.99. The van der Waals surface area contributed by atoms with Gasteiger partial charge in [-0.05, 0) is 37.3 Å². The Bertz CT molecular complexity index is 1400. The van der Waals surface area contributed by atoms with Gasteiger partial charge in [-0.2, -0.15) is 4.98 Å². The maximum Gasteiger partial charge on any atom is 0.255 e. The van der Waals surface area contributed by atoms with E-state index in [-0.39, 0.29) is 5.91 Å². The van der Waals surface area contributed by atoms with Crippen molar-refractivity contribution in [3.8, 4) is 17.1 Å². The smallest absolute Gasteiger partial charge is 0.255 e. The Morgan fingerprint density at radius 1 is 1.15 bits per heavy atom. The monoisotopic (exact) mass is 472 g/mol. The number of aromatic nitrogens is 4. The first-order chi connectivity index (χ1) is 16.5. The molecule has 0 aliphatic carbocycles. The second-order valence-corrected chi connectivity index (χ2v) is 8.13. The molecule has 34 heavy (non-hydrogen) atoms. The number of hydrogen-bond donors (Lipinski definition) is 2. The van der Waals surface area contributed by atoms with Crippen molar-refractivity contribution < 1.29 is 9.53 Å². The average Bonchev–Trinajstić information content (AvgIpc) is 3.28. The van der Waals surface area contributed by atoms with Gasteiger partial charge in [0.25, 0.3) is 5.91 Å². The van der Waals surface area contributed by atoms with Crippen molar-refractivity contribution in [3.05, 3.63) is 94.9 Å². The van der Waals surface area contributed by atoms with Gasteiger partial charge in [-0.3, -0.25) is 9.78 Å². The largest absolute Gasteiger partial charge is 0.497 e. The number of nitrogens with zero attached hydrogens (tertiary/aromatic N) is 4. The molecule has 1 aliphatic heterocycles. The minimum atomic E-state index is -0.589. The Balaban J connectivity index is 1.62. The average molecular weight is 473 g/mol. The minimum Gasteiger partial charge on any atom is -0.497 e. The van der Waals surface area contributed by atoms with Crippen molar-refractivity contribution in [1.82, 2.24) is 19.7 Å². The van der Waals surface area contributed by atoms with Crippen LogP contribution in [-0.2, 0) is 4.79 Å². The fourth-order valence-electron chi connectivity index (χ4n) is 3.95. The topological polar surface area (TPSA) is 94.0 Å². The Morgan fingerprint density at radius 3 is 2.76 bits per heavy atom. The number of hydrogen-bond acceptors (Lipinski definition) is 6. The molecule has 0 unspecified atom stereocenters. The first-order valence-electron chi connectivity index (χ1n) is 10.6. The number of amides is 1. The van der Waals surface area contributed by atoms with Crippen molar-refractivity contribution in [2.45, 2.75) is 13.0 Å². The van der Waals surface area contributed by atoms with E-state index in [2.05, 4.69) is 15.6 Å². The third-order valence-corrected chi connectivity index (χ3v) is 5.89. The molecule has 0 spiro atoms. The molecule has 0 fully saturated rings. The van der Waals surface area contributed by atoms with Crippen molar-refractivity contribution in [1.29, 1.82) is 0 Å². The van der Waals surface area contributed by atoms with Crippen molar-refractivity contribution in [2.24, 2.45) is 0 Å². The Hall–Kier alpha value is -4.17. The van der Waals surface area contributed by atoms with Gasteiger partial charge in [-0.1, -0.05) is 41.9 Å². The standard InChI is InChI=1S/C25H21ClN6O2/c1-15-21(24(33)29-17-8-6-12-27-14-17)22(19-10-3-4-11-20(19)26)32-25(28-15)30-23(31-32)16-7-5-9-18(13-16)34-2/h3-14,22H,1-2H3,(H,29,33)(H,28,30,31)/t22-/m0/s1. The number of pyridine rings is 1. The number of allylic oxidation sites excluding steroid dienone is 1. The molecule has 9 heteroatoms. The molecule has 5 rings (SSSR count). The quantitative estimate of drug-likeness (QED) is 0.427. The first kappa shape index (κ1) is 21.7. The molecule has 0 bridgehead atoms. The maximum atomic E-state index is 13.5. The highest BCUT2D eigenvalue weighted by atomic mass is 35.5. The summed E-state index contributed by atoms with van der Waals surface area (Å²) < 4.78 is 7.04. The lowest BCUT2D eigenvalue weighted by molar-refractivity contribution is -0.113. The summed E-state index contributed by atoms with van der Waals surface area (Å²) in [5.74, 6) is 1.43. The van der Waals surface area contributed by atoms with Crippen LogP contribution in [0.25, 0.3) is 11.4 Å². The van der Waals surface area contributed by atoms with Crippen LogP contribution in [0.3, 0.4) is 0 Å². The molecule has 2 aromatic heterocycles. The number of nitrogens with one attached hydrogen (secondary N) is 2. The van der Waals surface area contributed by atoms with E-state index in [1.54, 1.807) is 42.4 Å². The van der Waals surface area contributed by atoms with Crippen LogP contribution in [0.4, 0.5) is 11.6 Å². The van der Waals surface area contributed by atoms with Gasteiger partial charge in [0.15, 0.2) is 5.82 Å². The van der Waals surface area contributed by atoms with E-state index < -0.39 is 6.04 Å². The SMILES string of the molecule is COc1cccc(-c2nc3n(n2)[C@@H](c2ccccc2Cl)C(C(=O)Nc2cccnc2)=C(C)N3)c1. The van der Waals surface area contributed by atoms with Crippen molar-refractivity contribution in [2.75, 3.05) is 17.7 Å². The molecule has 170 valence electrons. The van der Waals surface area contributed by atoms with Gasteiger partial charge in [-0.15, -0.1) is 5.10 Å². The second-order valence-electron chi connectivity index (χ2n) is 7.72. The molecule has 0 saturated carbocycles. The third-order valence-electron chi connectivity index (χ3n) is 5.54. The van der Waals surface area contributed by atoms with Crippen molar-refractivity contribution in [3.63, 3.8) is 0 Å². The Morgan fingerprint density at radius 2 is 2.00 bits per heavy atom. The minimum absolute atomic E-state index is 0.285. The molecular formula is C25H21ClN6O2. The lowest BCUT2D eigenvalue weighted by atomic mass is 9.95. The van der Waals surface area contributed by atoms with E-state index in [1.165, 1.54) is 0 Å². The summed E-state index contributed by atoms with van der Waals surface area (Å²) in [5.41, 5.74) is 3.26. The summed E-state index contributed by atoms with van der Waals surface area (Å²) in [6.07, 6.45) is 3.24. The lowest BCUT2D eigenvalue weighted by Gasteiger charge is -2.29. The van der Waals surface area contributed by atoms with Crippen LogP contribution in [0.15, 0.2) is 84.3 Å². The van der Waals surface area contributed by atoms with Crippen LogP contribution < -0.4 is 15.4 Å². The molecule has 2 N–H and O–H groups in total. The summed E-state index contributed by atoms with van der Waals surface area (Å²) in [7, 11) is 1.61. The summed E-state index contributed by atoms with van der Waals surface area (Å²) in [6, 6.07) is 17.9. The van der Waals surface area contributed by atoms with Crippen LogP contribution in [-0.4, -0.2) is 32.8 Å². The number of methoxy groups -OCH3 is 1. The van der Waals surface area contributed by atoms with Gasteiger partial charge in [0.1, 0.15) is 11.8 Å². The Labute approximate surface area is 201 Å². The zero-order valence-electron chi connectivity index (χ0n) is 18.5. The van der Waals surface area contributed by atoms with Gasteiger partial charge in [0.05, 0.1) is 24.6 Å². The van der Waals surface area contributed by atoms with E-state index in [0.29, 0.717) is 39.5 Å². The fraction of sp³-hybridized carbons (Fsp3) is 0.120. The van der Waals surface area contributed by atoms with Crippen LogP contribution in [0.1, 0.15) is 18.5 Å². The second kappa shape index (κ2) is 8.99. The van der Waals surface area contributed by atoms with Gasteiger partial charge in [0, 0.05) is 28.0 Å². The lowest BCUT2D eigenvalue weighted by Crippen LogP contribution is -2.31. The van der Waals surface area contributed by atoms with Gasteiger partial charge >= 0.3 is 0 Å². The number of ether oxygens (including phenoxy) is 1. The van der Waals surface area contributed by atoms with Crippen LogP contribution >= 0.6 is 11.6 Å². The van der Waals surface area contributed by atoms with E-state index >= 15 is 0 Å². The van der Waals surface area contributed by atoms with Gasteiger partial charge in [0.2, 0.25) is 5.95 Å². The number of benzene rings is 2. The zero-order chi connectivity index (χ0) is 23.7. The van der Waals surface area contributed by atoms with E-state index in [4.69, 9.17) is 26.4 Å². The molecular weight excluding hydrogens is 452 g/mol. The van der Waals surface area contributed by atoms with Crippen LogP contribution in [0.5, 0.6) is 5.75 Å². The van der Waals surface area contributed by atoms with Crippen LogP contribution in [0.2, 0.25) is 5.02 Å². The van der Waals surface area contributed by atoms with Crippen LogP contribution in [0, 0.1) is 0 Å².